The van der Waals surface area contributed by atoms with Gasteiger partial charge >= 0.3 is 6.09 Å². The fourth-order valence-electron chi connectivity index (χ4n) is 3.12. The van der Waals surface area contributed by atoms with Crippen molar-refractivity contribution in [2.75, 3.05) is 7.11 Å². The molecule has 2 bridgehead atoms. The molecule has 0 saturated carbocycles. The highest BCUT2D eigenvalue weighted by molar-refractivity contribution is 5.70. The lowest BCUT2D eigenvalue weighted by Crippen LogP contribution is -2.42. The molecule has 0 aromatic heterocycles. The summed E-state index contributed by atoms with van der Waals surface area (Å²) in [5, 5.41) is 9.81. The summed E-state index contributed by atoms with van der Waals surface area (Å²) in [4.78, 5) is 14.0. The van der Waals surface area contributed by atoms with Crippen molar-refractivity contribution in [2.45, 2.75) is 64.0 Å². The lowest BCUT2D eigenvalue weighted by Gasteiger charge is -2.29. The highest BCUT2D eigenvalue weighted by Gasteiger charge is 2.52. The number of nitrogens with zero attached hydrogens (tertiary/aromatic N) is 1. The predicted molar refractivity (Wildman–Crippen MR) is 66.0 cm³/mol. The Morgan fingerprint density at radius 1 is 1.39 bits per heavy atom. The van der Waals surface area contributed by atoms with E-state index >= 15 is 0 Å². The van der Waals surface area contributed by atoms with Crippen molar-refractivity contribution in [3.8, 4) is 0 Å². The van der Waals surface area contributed by atoms with Gasteiger partial charge in [-0.05, 0) is 40.0 Å². The lowest BCUT2D eigenvalue weighted by molar-refractivity contribution is -0.119. The maximum atomic E-state index is 12.2. The molecular formula is C13H23NO4. The van der Waals surface area contributed by atoms with Crippen LogP contribution >= 0.6 is 0 Å². The van der Waals surface area contributed by atoms with Crippen molar-refractivity contribution in [3.05, 3.63) is 0 Å². The van der Waals surface area contributed by atoms with Crippen molar-refractivity contribution >= 4 is 6.09 Å². The van der Waals surface area contributed by atoms with E-state index in [1.807, 2.05) is 20.8 Å². The molecule has 5 heteroatoms. The summed E-state index contributed by atoms with van der Waals surface area (Å²) in [6.07, 6.45) is 1.68. The second-order valence-electron chi connectivity index (χ2n) is 6.21. The standard InChI is InChI=1S/C13H23NO4/c1-13(2,3)18-12(16)14-8-5-6-10(14)9(7-8)11(15)17-4/h8-11,15H,5-7H2,1-4H3. The molecule has 2 fully saturated rings. The van der Waals surface area contributed by atoms with Crippen LogP contribution in [0.1, 0.15) is 40.0 Å². The van der Waals surface area contributed by atoms with Gasteiger partial charge in [0.15, 0.2) is 6.29 Å². The van der Waals surface area contributed by atoms with Gasteiger partial charge < -0.3 is 19.5 Å². The Morgan fingerprint density at radius 3 is 2.61 bits per heavy atom. The molecule has 2 aliphatic rings. The van der Waals surface area contributed by atoms with Gasteiger partial charge in [0.2, 0.25) is 0 Å². The third kappa shape index (κ3) is 2.47. The number of ether oxygens (including phenoxy) is 2. The summed E-state index contributed by atoms with van der Waals surface area (Å²) in [5.74, 6) is 0.0151. The molecule has 0 aromatic carbocycles. The summed E-state index contributed by atoms with van der Waals surface area (Å²) in [6, 6.07) is 0.249. The molecule has 104 valence electrons. The summed E-state index contributed by atoms with van der Waals surface area (Å²) >= 11 is 0. The fourth-order valence-corrected chi connectivity index (χ4v) is 3.12. The first-order valence-electron chi connectivity index (χ1n) is 6.55. The van der Waals surface area contributed by atoms with Crippen LogP contribution in [0.3, 0.4) is 0 Å². The quantitative estimate of drug-likeness (QED) is 0.765. The zero-order valence-electron chi connectivity index (χ0n) is 11.5. The van der Waals surface area contributed by atoms with E-state index in [9.17, 15) is 9.90 Å². The molecule has 2 aliphatic heterocycles. The molecule has 1 amide bonds. The molecular weight excluding hydrogens is 234 g/mol. The predicted octanol–water partition coefficient (Wildman–Crippen LogP) is 1.74. The second-order valence-corrected chi connectivity index (χ2v) is 6.21. The minimum absolute atomic E-state index is 0.0151. The number of hydrogen-bond donors (Lipinski definition) is 1. The van der Waals surface area contributed by atoms with Crippen LogP contribution in [-0.4, -0.2) is 47.2 Å². The van der Waals surface area contributed by atoms with Crippen LogP contribution in [0.4, 0.5) is 4.79 Å². The first-order chi connectivity index (χ1) is 8.33. The number of fused-ring (bicyclic) bond motifs is 2. The molecule has 5 nitrogen and oxygen atoms in total. The van der Waals surface area contributed by atoms with E-state index in [0.717, 1.165) is 19.3 Å². The average molecular weight is 257 g/mol. The number of aliphatic hydroxyl groups excluding tert-OH is 1. The molecule has 0 aromatic rings. The maximum Gasteiger partial charge on any atom is 0.410 e. The number of carbonyl (C=O) groups is 1. The Bertz CT molecular complexity index is 325. The second kappa shape index (κ2) is 4.70. The van der Waals surface area contributed by atoms with Crippen LogP contribution in [0.2, 0.25) is 0 Å². The Morgan fingerprint density at radius 2 is 2.06 bits per heavy atom. The SMILES string of the molecule is COC(O)C1CC2CCC1N2C(=O)OC(C)(C)C. The number of aliphatic hydroxyl groups is 1. The van der Waals surface area contributed by atoms with E-state index in [0.29, 0.717) is 0 Å². The van der Waals surface area contributed by atoms with Crippen LogP contribution in [0.25, 0.3) is 0 Å². The molecule has 0 spiro atoms. The van der Waals surface area contributed by atoms with Crippen LogP contribution in [0.5, 0.6) is 0 Å². The maximum absolute atomic E-state index is 12.2. The fraction of sp³-hybridized carbons (Fsp3) is 0.923. The van der Waals surface area contributed by atoms with Gasteiger partial charge in [0, 0.05) is 25.1 Å². The highest BCUT2D eigenvalue weighted by atomic mass is 16.6. The summed E-state index contributed by atoms with van der Waals surface area (Å²) in [7, 11) is 1.49. The van der Waals surface area contributed by atoms with E-state index < -0.39 is 11.9 Å². The monoisotopic (exact) mass is 257 g/mol. The number of rotatable bonds is 2. The number of hydrogen-bond acceptors (Lipinski definition) is 4. The van der Waals surface area contributed by atoms with Gasteiger partial charge in [0.1, 0.15) is 5.60 Å². The normalized spacial score (nSPS) is 32.7. The molecule has 2 heterocycles. The Hall–Kier alpha value is -0.810. The Kier molecular flexibility index (Phi) is 3.56. The molecule has 2 saturated heterocycles. The van der Waals surface area contributed by atoms with E-state index in [1.54, 1.807) is 4.90 Å². The number of methoxy groups -OCH3 is 1. The van der Waals surface area contributed by atoms with Crippen LogP contribution in [0, 0.1) is 5.92 Å². The minimum Gasteiger partial charge on any atom is -0.444 e. The number of carbonyl (C=O) groups excluding carboxylic acids is 1. The molecule has 1 N–H and O–H groups in total. The summed E-state index contributed by atoms with van der Waals surface area (Å²) in [5.41, 5.74) is -0.478. The van der Waals surface area contributed by atoms with Gasteiger partial charge in [0.05, 0.1) is 0 Å². The van der Waals surface area contributed by atoms with E-state index in [-0.39, 0.29) is 24.1 Å². The first kappa shape index (κ1) is 13.6. The average Bonchev–Trinajstić information content (AvgIpc) is 2.82. The van der Waals surface area contributed by atoms with Gasteiger partial charge in [0.25, 0.3) is 0 Å². The van der Waals surface area contributed by atoms with Gasteiger partial charge in [-0.2, -0.15) is 0 Å². The Balaban J connectivity index is 2.05. The number of amides is 1. The van der Waals surface area contributed by atoms with Crippen molar-refractivity contribution in [1.82, 2.24) is 4.90 Å². The third-order valence-corrected chi connectivity index (χ3v) is 3.80. The zero-order chi connectivity index (χ0) is 13.5. The smallest absolute Gasteiger partial charge is 0.410 e. The van der Waals surface area contributed by atoms with Gasteiger partial charge in [-0.3, -0.25) is 0 Å². The summed E-state index contributed by atoms with van der Waals surface area (Å²) < 4.78 is 10.4. The first-order valence-corrected chi connectivity index (χ1v) is 6.55. The molecule has 4 atom stereocenters. The van der Waals surface area contributed by atoms with Gasteiger partial charge in [-0.25, -0.2) is 4.79 Å². The highest BCUT2D eigenvalue weighted by Crippen LogP contribution is 2.43. The minimum atomic E-state index is -0.787. The van der Waals surface area contributed by atoms with E-state index in [2.05, 4.69) is 0 Å². The van der Waals surface area contributed by atoms with Crippen LogP contribution < -0.4 is 0 Å². The Labute approximate surface area is 108 Å². The van der Waals surface area contributed by atoms with Crippen molar-refractivity contribution in [1.29, 1.82) is 0 Å². The van der Waals surface area contributed by atoms with E-state index in [4.69, 9.17) is 9.47 Å². The summed E-state index contributed by atoms with van der Waals surface area (Å²) in [6.45, 7) is 5.60. The molecule has 0 radical (unpaired) electrons. The van der Waals surface area contributed by atoms with E-state index in [1.165, 1.54) is 7.11 Å². The molecule has 4 unspecified atom stereocenters. The van der Waals surface area contributed by atoms with Gasteiger partial charge in [-0.1, -0.05) is 0 Å². The molecule has 18 heavy (non-hydrogen) atoms. The van der Waals surface area contributed by atoms with Crippen molar-refractivity contribution < 1.29 is 19.4 Å². The van der Waals surface area contributed by atoms with Crippen LogP contribution in [-0.2, 0) is 9.47 Å². The molecule has 0 aliphatic carbocycles. The van der Waals surface area contributed by atoms with Crippen molar-refractivity contribution in [2.24, 2.45) is 5.92 Å². The largest absolute Gasteiger partial charge is 0.444 e. The van der Waals surface area contributed by atoms with Gasteiger partial charge in [-0.15, -0.1) is 0 Å². The lowest BCUT2D eigenvalue weighted by atomic mass is 9.89. The third-order valence-electron chi connectivity index (χ3n) is 3.80. The van der Waals surface area contributed by atoms with Crippen LogP contribution in [0.15, 0.2) is 0 Å². The molecule has 2 rings (SSSR count). The topological polar surface area (TPSA) is 59.0 Å². The van der Waals surface area contributed by atoms with Crippen molar-refractivity contribution in [3.63, 3.8) is 0 Å². The zero-order valence-corrected chi connectivity index (χ0v) is 11.5.